The average Bonchev–Trinajstić information content (AvgIpc) is 2.42. The maximum absolute atomic E-state index is 12.9. The Hall–Kier alpha value is -0.970. The van der Waals surface area contributed by atoms with E-state index in [4.69, 9.17) is 10.5 Å². The maximum Gasteiger partial charge on any atom is 0.123 e. The zero-order chi connectivity index (χ0) is 13.7. The van der Waals surface area contributed by atoms with Crippen LogP contribution in [0, 0.1) is 11.7 Å². The Morgan fingerprint density at radius 1 is 1.32 bits per heavy atom. The third-order valence-corrected chi connectivity index (χ3v) is 3.86. The molecule has 0 aromatic heterocycles. The van der Waals surface area contributed by atoms with Crippen molar-refractivity contribution in [1.82, 2.24) is 4.90 Å². The molecule has 1 fully saturated rings. The highest BCUT2D eigenvalue weighted by molar-refractivity contribution is 5.19. The predicted molar refractivity (Wildman–Crippen MR) is 74.4 cm³/mol. The molecule has 1 aromatic carbocycles. The summed E-state index contributed by atoms with van der Waals surface area (Å²) in [4.78, 5) is 2.39. The SMILES string of the molecule is COCC1CCN(CC(N)c2ccc(F)cc2)CC1. The van der Waals surface area contributed by atoms with Gasteiger partial charge in [-0.15, -0.1) is 0 Å². The van der Waals surface area contributed by atoms with Crippen LogP contribution in [0.15, 0.2) is 24.3 Å². The van der Waals surface area contributed by atoms with Crippen LogP contribution in [0.3, 0.4) is 0 Å². The molecule has 1 aromatic rings. The van der Waals surface area contributed by atoms with Crippen LogP contribution >= 0.6 is 0 Å². The molecule has 0 bridgehead atoms. The molecule has 0 saturated carbocycles. The Balaban J connectivity index is 1.80. The molecular weight excluding hydrogens is 243 g/mol. The van der Waals surface area contributed by atoms with Gasteiger partial charge in [0, 0.05) is 26.3 Å². The molecule has 0 aliphatic carbocycles. The number of methoxy groups -OCH3 is 1. The zero-order valence-electron chi connectivity index (χ0n) is 11.5. The second kappa shape index (κ2) is 6.98. The zero-order valence-corrected chi connectivity index (χ0v) is 11.5. The van der Waals surface area contributed by atoms with Gasteiger partial charge in [0.2, 0.25) is 0 Å². The number of hydrogen-bond donors (Lipinski definition) is 1. The van der Waals surface area contributed by atoms with Gasteiger partial charge in [-0.05, 0) is 49.5 Å². The van der Waals surface area contributed by atoms with Crippen molar-refractivity contribution in [2.45, 2.75) is 18.9 Å². The minimum atomic E-state index is -0.212. The lowest BCUT2D eigenvalue weighted by Crippen LogP contribution is -2.39. The van der Waals surface area contributed by atoms with E-state index in [9.17, 15) is 4.39 Å². The minimum absolute atomic E-state index is 0.0421. The largest absolute Gasteiger partial charge is 0.384 e. The Morgan fingerprint density at radius 3 is 2.53 bits per heavy atom. The molecule has 0 amide bonds. The summed E-state index contributed by atoms with van der Waals surface area (Å²) >= 11 is 0. The maximum atomic E-state index is 12.9. The summed E-state index contributed by atoms with van der Waals surface area (Å²) in [6, 6.07) is 6.45. The average molecular weight is 266 g/mol. The van der Waals surface area contributed by atoms with Crippen molar-refractivity contribution in [2.24, 2.45) is 11.7 Å². The van der Waals surface area contributed by atoms with E-state index in [0.29, 0.717) is 5.92 Å². The van der Waals surface area contributed by atoms with Crippen molar-refractivity contribution in [3.8, 4) is 0 Å². The number of nitrogens with two attached hydrogens (primary N) is 1. The molecule has 1 saturated heterocycles. The van der Waals surface area contributed by atoms with Crippen molar-refractivity contribution in [1.29, 1.82) is 0 Å². The number of ether oxygens (including phenoxy) is 1. The van der Waals surface area contributed by atoms with Crippen LogP contribution in [0.2, 0.25) is 0 Å². The fourth-order valence-electron chi connectivity index (χ4n) is 2.66. The molecule has 3 nitrogen and oxygen atoms in total. The van der Waals surface area contributed by atoms with Crippen LogP contribution in [-0.4, -0.2) is 38.3 Å². The van der Waals surface area contributed by atoms with E-state index in [1.165, 1.54) is 25.0 Å². The highest BCUT2D eigenvalue weighted by Gasteiger charge is 2.20. The van der Waals surface area contributed by atoms with Gasteiger partial charge in [0.1, 0.15) is 5.82 Å². The van der Waals surface area contributed by atoms with Crippen LogP contribution in [-0.2, 0) is 4.74 Å². The highest BCUT2D eigenvalue weighted by Crippen LogP contribution is 2.20. The molecule has 4 heteroatoms. The van der Waals surface area contributed by atoms with E-state index >= 15 is 0 Å². The lowest BCUT2D eigenvalue weighted by molar-refractivity contribution is 0.0971. The second-order valence-electron chi connectivity index (χ2n) is 5.36. The van der Waals surface area contributed by atoms with Gasteiger partial charge in [-0.2, -0.15) is 0 Å². The van der Waals surface area contributed by atoms with Crippen LogP contribution in [0.5, 0.6) is 0 Å². The van der Waals surface area contributed by atoms with Gasteiger partial charge in [-0.1, -0.05) is 12.1 Å². The monoisotopic (exact) mass is 266 g/mol. The number of halogens is 1. The smallest absolute Gasteiger partial charge is 0.123 e. The fraction of sp³-hybridized carbons (Fsp3) is 0.600. The standard InChI is InChI=1S/C15H23FN2O/c1-19-11-12-6-8-18(9-7-12)10-15(17)13-2-4-14(16)5-3-13/h2-5,12,15H,6-11,17H2,1H3. The summed E-state index contributed by atoms with van der Waals surface area (Å²) in [5.41, 5.74) is 7.18. The number of benzene rings is 1. The summed E-state index contributed by atoms with van der Waals surface area (Å²) in [5.74, 6) is 0.472. The molecule has 0 spiro atoms. The Morgan fingerprint density at radius 2 is 1.95 bits per heavy atom. The molecule has 0 radical (unpaired) electrons. The lowest BCUT2D eigenvalue weighted by Gasteiger charge is -2.33. The fourth-order valence-corrected chi connectivity index (χ4v) is 2.66. The molecule has 1 heterocycles. The summed E-state index contributed by atoms with van der Waals surface area (Å²) in [7, 11) is 1.76. The minimum Gasteiger partial charge on any atom is -0.384 e. The summed E-state index contributed by atoms with van der Waals surface area (Å²) in [6.45, 7) is 3.84. The van der Waals surface area contributed by atoms with Crippen molar-refractivity contribution in [3.63, 3.8) is 0 Å². The molecule has 1 aliphatic rings. The first kappa shape index (κ1) is 14.4. The van der Waals surface area contributed by atoms with Gasteiger partial charge in [0.05, 0.1) is 0 Å². The van der Waals surface area contributed by atoms with Gasteiger partial charge in [0.25, 0.3) is 0 Å². The second-order valence-corrected chi connectivity index (χ2v) is 5.36. The topological polar surface area (TPSA) is 38.5 Å². The Kier molecular flexibility index (Phi) is 5.31. The van der Waals surface area contributed by atoms with Crippen LogP contribution in [0.25, 0.3) is 0 Å². The number of likely N-dealkylation sites (tertiary alicyclic amines) is 1. The Labute approximate surface area is 114 Å². The molecule has 106 valence electrons. The first-order chi connectivity index (χ1) is 9.19. The molecule has 1 unspecified atom stereocenters. The summed E-state index contributed by atoms with van der Waals surface area (Å²) < 4.78 is 18.1. The predicted octanol–water partition coefficient (Wildman–Crippen LogP) is 2.18. The third kappa shape index (κ3) is 4.27. The van der Waals surface area contributed by atoms with Gasteiger partial charge in [-0.3, -0.25) is 0 Å². The van der Waals surface area contributed by atoms with Crippen molar-refractivity contribution >= 4 is 0 Å². The third-order valence-electron chi connectivity index (χ3n) is 3.86. The number of nitrogens with zero attached hydrogens (tertiary/aromatic N) is 1. The van der Waals surface area contributed by atoms with Gasteiger partial charge in [0.15, 0.2) is 0 Å². The molecular formula is C15H23FN2O. The Bertz CT molecular complexity index is 374. The number of rotatable bonds is 5. The van der Waals surface area contributed by atoms with Gasteiger partial charge >= 0.3 is 0 Å². The number of piperidine rings is 1. The molecule has 2 N–H and O–H groups in total. The van der Waals surface area contributed by atoms with Crippen LogP contribution in [0.4, 0.5) is 4.39 Å². The van der Waals surface area contributed by atoms with Crippen molar-refractivity contribution in [3.05, 3.63) is 35.6 Å². The molecule has 2 rings (SSSR count). The van der Waals surface area contributed by atoms with E-state index in [1.54, 1.807) is 19.2 Å². The molecule has 19 heavy (non-hydrogen) atoms. The van der Waals surface area contributed by atoms with E-state index in [1.807, 2.05) is 0 Å². The molecule has 1 aliphatic heterocycles. The summed E-state index contributed by atoms with van der Waals surface area (Å²) in [5, 5.41) is 0. The lowest BCUT2D eigenvalue weighted by atomic mass is 9.97. The van der Waals surface area contributed by atoms with E-state index in [0.717, 1.165) is 31.8 Å². The molecule has 1 atom stereocenters. The first-order valence-corrected chi connectivity index (χ1v) is 6.91. The van der Waals surface area contributed by atoms with E-state index in [-0.39, 0.29) is 11.9 Å². The van der Waals surface area contributed by atoms with Gasteiger partial charge < -0.3 is 15.4 Å². The van der Waals surface area contributed by atoms with E-state index in [2.05, 4.69) is 4.90 Å². The van der Waals surface area contributed by atoms with Crippen molar-refractivity contribution < 1.29 is 9.13 Å². The van der Waals surface area contributed by atoms with Gasteiger partial charge in [-0.25, -0.2) is 4.39 Å². The normalized spacial score (nSPS) is 19.5. The first-order valence-electron chi connectivity index (χ1n) is 6.91. The van der Waals surface area contributed by atoms with Crippen LogP contribution < -0.4 is 5.73 Å². The summed E-state index contributed by atoms with van der Waals surface area (Å²) in [6.07, 6.45) is 2.34. The number of hydrogen-bond acceptors (Lipinski definition) is 3. The van der Waals surface area contributed by atoms with Crippen molar-refractivity contribution in [2.75, 3.05) is 33.4 Å². The highest BCUT2D eigenvalue weighted by atomic mass is 19.1. The van der Waals surface area contributed by atoms with E-state index < -0.39 is 0 Å². The van der Waals surface area contributed by atoms with Crippen LogP contribution in [0.1, 0.15) is 24.4 Å². The quantitative estimate of drug-likeness (QED) is 0.888.